The van der Waals surface area contributed by atoms with Gasteiger partial charge in [-0.2, -0.15) is 15.8 Å². The highest BCUT2D eigenvalue weighted by atomic mass is 16.5. The minimum absolute atomic E-state index is 0.287. The van der Waals surface area contributed by atoms with Crippen LogP contribution in [0.5, 0.6) is 5.75 Å². The molecule has 7 nitrogen and oxygen atoms in total. The number of nitriles is 3. The Morgan fingerprint density at radius 1 is 1.20 bits per heavy atom. The van der Waals surface area contributed by atoms with Crippen LogP contribution in [0.15, 0.2) is 24.3 Å². The van der Waals surface area contributed by atoms with Gasteiger partial charge in [0.1, 0.15) is 11.5 Å². The van der Waals surface area contributed by atoms with Crippen LogP contribution in [0.3, 0.4) is 0 Å². The normalized spacial score (nSPS) is 35.0. The number of hydrogen-bond acceptors (Lipinski definition) is 6. The van der Waals surface area contributed by atoms with E-state index in [1.165, 1.54) is 7.11 Å². The maximum absolute atomic E-state index is 12.6. The van der Waals surface area contributed by atoms with Crippen molar-refractivity contribution in [3.63, 3.8) is 0 Å². The molecule has 1 aromatic rings. The predicted octanol–water partition coefficient (Wildman–Crippen LogP) is 1.18. The fraction of sp³-hybridized carbons (Fsp3) is 0.444. The first-order valence-corrected chi connectivity index (χ1v) is 7.77. The summed E-state index contributed by atoms with van der Waals surface area (Å²) in [7, 11) is 1.52. The molecule has 2 bridgehead atoms. The van der Waals surface area contributed by atoms with Gasteiger partial charge in [-0.15, -0.1) is 0 Å². The number of fused-ring (bicyclic) bond motifs is 2. The zero-order valence-corrected chi connectivity index (χ0v) is 13.8. The number of amides is 1. The molecule has 25 heavy (non-hydrogen) atoms. The molecule has 7 heteroatoms. The summed E-state index contributed by atoms with van der Waals surface area (Å²) in [5.74, 6) is -1.65. The van der Waals surface area contributed by atoms with Gasteiger partial charge in [-0.3, -0.25) is 4.79 Å². The van der Waals surface area contributed by atoms with Crippen LogP contribution in [-0.4, -0.2) is 23.8 Å². The Bertz CT molecular complexity index is 846. The van der Waals surface area contributed by atoms with Gasteiger partial charge in [0, 0.05) is 18.3 Å². The molecule has 1 amide bonds. The van der Waals surface area contributed by atoms with Crippen LogP contribution in [-0.2, 0) is 4.79 Å². The highest BCUT2D eigenvalue weighted by molar-refractivity contribution is 5.92. The van der Waals surface area contributed by atoms with Gasteiger partial charge in [-0.1, -0.05) is 19.1 Å². The third-order valence-corrected chi connectivity index (χ3v) is 5.66. The fourth-order valence-corrected chi connectivity index (χ4v) is 4.22. The van der Waals surface area contributed by atoms with Crippen LogP contribution < -0.4 is 10.1 Å². The minimum Gasteiger partial charge on any atom is -0.497 e. The molecule has 0 spiro atoms. The van der Waals surface area contributed by atoms with Crippen molar-refractivity contribution in [1.29, 1.82) is 15.8 Å². The van der Waals surface area contributed by atoms with Crippen molar-refractivity contribution >= 4 is 5.91 Å². The zero-order chi connectivity index (χ0) is 18.5. The number of nitrogens with zero attached hydrogens (tertiary/aromatic N) is 3. The summed E-state index contributed by atoms with van der Waals surface area (Å²) in [6.07, 6.45) is -0.287. The highest BCUT2D eigenvalue weighted by Gasteiger charge is 2.76. The van der Waals surface area contributed by atoms with Gasteiger partial charge in [0.15, 0.2) is 10.8 Å². The highest BCUT2D eigenvalue weighted by Crippen LogP contribution is 2.64. The Morgan fingerprint density at radius 2 is 1.80 bits per heavy atom. The number of aliphatic hydroxyl groups is 1. The fourth-order valence-electron chi connectivity index (χ4n) is 4.22. The second kappa shape index (κ2) is 5.21. The summed E-state index contributed by atoms with van der Waals surface area (Å²) in [6.45, 7) is 1.67. The van der Waals surface area contributed by atoms with E-state index in [1.807, 2.05) is 18.2 Å². The lowest BCUT2D eigenvalue weighted by molar-refractivity contribution is -0.128. The first-order chi connectivity index (χ1) is 11.8. The summed E-state index contributed by atoms with van der Waals surface area (Å²) < 4.78 is 5.12. The molecule has 1 saturated heterocycles. The lowest BCUT2D eigenvalue weighted by atomic mass is 9.49. The standard InChI is InChI=1S/C18H16N4O3/c1-11-14(12-3-5-13(25-2)6-4-12)17(9-20,10-21)16(8-19)7-18(11,24)22-15(16)23/h3-6,11,14,24H,7H2,1-2H3,(H,22,23)/t11-,14-,16+,18-/m0/s1. The Balaban J connectivity index is 2.28. The van der Waals surface area contributed by atoms with Crippen molar-refractivity contribution < 1.29 is 14.6 Å². The number of carbonyl (C=O) groups excluding carboxylic acids is 1. The van der Waals surface area contributed by atoms with Gasteiger partial charge in [0.25, 0.3) is 0 Å². The largest absolute Gasteiger partial charge is 0.497 e. The molecule has 4 atom stereocenters. The van der Waals surface area contributed by atoms with E-state index in [9.17, 15) is 25.7 Å². The van der Waals surface area contributed by atoms with E-state index < -0.39 is 34.3 Å². The summed E-state index contributed by atoms with van der Waals surface area (Å²) >= 11 is 0. The molecule has 2 N–H and O–H groups in total. The number of hydrogen-bond donors (Lipinski definition) is 2. The monoisotopic (exact) mass is 336 g/mol. The summed E-state index contributed by atoms with van der Waals surface area (Å²) in [5.41, 5.74) is -4.90. The molecule has 2 fully saturated rings. The summed E-state index contributed by atoms with van der Waals surface area (Å²) in [6, 6.07) is 12.5. The van der Waals surface area contributed by atoms with E-state index in [4.69, 9.17) is 4.74 Å². The molecule has 1 heterocycles. The molecule has 1 aliphatic heterocycles. The van der Waals surface area contributed by atoms with Crippen molar-refractivity contribution in [3.8, 4) is 24.0 Å². The molecule has 1 saturated carbocycles. The van der Waals surface area contributed by atoms with Gasteiger partial charge in [0.2, 0.25) is 5.91 Å². The average Bonchev–Trinajstić information content (AvgIpc) is 2.89. The Morgan fingerprint density at radius 3 is 2.28 bits per heavy atom. The van der Waals surface area contributed by atoms with Crippen molar-refractivity contribution in [2.75, 3.05) is 7.11 Å². The van der Waals surface area contributed by atoms with E-state index in [0.29, 0.717) is 11.3 Å². The first kappa shape index (κ1) is 16.8. The van der Waals surface area contributed by atoms with Crippen LogP contribution in [0.25, 0.3) is 0 Å². The van der Waals surface area contributed by atoms with Crippen LogP contribution in [0.1, 0.15) is 24.8 Å². The maximum atomic E-state index is 12.6. The lowest BCUT2D eigenvalue weighted by Gasteiger charge is -2.48. The smallest absolute Gasteiger partial charge is 0.245 e. The van der Waals surface area contributed by atoms with Gasteiger partial charge < -0.3 is 15.2 Å². The van der Waals surface area contributed by atoms with Gasteiger partial charge in [-0.05, 0) is 17.7 Å². The maximum Gasteiger partial charge on any atom is 0.245 e. The van der Waals surface area contributed by atoms with Crippen molar-refractivity contribution in [2.45, 2.75) is 25.0 Å². The van der Waals surface area contributed by atoms with Gasteiger partial charge in [-0.25, -0.2) is 0 Å². The third-order valence-electron chi connectivity index (χ3n) is 5.66. The van der Waals surface area contributed by atoms with E-state index in [1.54, 1.807) is 31.2 Å². The predicted molar refractivity (Wildman–Crippen MR) is 84.3 cm³/mol. The van der Waals surface area contributed by atoms with E-state index >= 15 is 0 Å². The second-order valence-corrected chi connectivity index (χ2v) is 6.64. The minimum atomic E-state index is -1.93. The molecule has 1 aliphatic carbocycles. The van der Waals surface area contributed by atoms with Crippen LogP contribution in [0.2, 0.25) is 0 Å². The molecular weight excluding hydrogens is 320 g/mol. The Labute approximate surface area is 145 Å². The number of nitrogens with one attached hydrogen (secondary N) is 1. The SMILES string of the molecule is COc1ccc([C@@H]2[C@H](C)[C@@]3(O)C[C@@](C#N)(C(=O)N3)C2(C#N)C#N)cc1. The molecule has 1 aromatic carbocycles. The number of rotatable bonds is 2. The number of methoxy groups -OCH3 is 1. The lowest BCUT2D eigenvalue weighted by Crippen LogP contribution is -2.56. The van der Waals surface area contributed by atoms with Crippen LogP contribution in [0, 0.1) is 50.7 Å². The summed E-state index contributed by atoms with van der Waals surface area (Å²) in [5, 5.41) is 42.9. The summed E-state index contributed by atoms with van der Waals surface area (Å²) in [4.78, 5) is 12.6. The van der Waals surface area contributed by atoms with E-state index in [0.717, 1.165) is 0 Å². The molecule has 2 aliphatic rings. The molecule has 3 rings (SSSR count). The quantitative estimate of drug-likeness (QED) is 0.834. The van der Waals surface area contributed by atoms with E-state index in [-0.39, 0.29) is 6.42 Å². The number of benzene rings is 1. The molecular formula is C18H16N4O3. The molecule has 126 valence electrons. The average molecular weight is 336 g/mol. The third kappa shape index (κ3) is 1.83. The van der Waals surface area contributed by atoms with Crippen LogP contribution >= 0.6 is 0 Å². The van der Waals surface area contributed by atoms with Crippen molar-refractivity contribution in [1.82, 2.24) is 5.32 Å². The zero-order valence-electron chi connectivity index (χ0n) is 13.8. The first-order valence-electron chi connectivity index (χ1n) is 7.77. The van der Waals surface area contributed by atoms with E-state index in [2.05, 4.69) is 5.32 Å². The van der Waals surface area contributed by atoms with Gasteiger partial charge >= 0.3 is 0 Å². The number of ether oxygens (including phenoxy) is 1. The van der Waals surface area contributed by atoms with Crippen molar-refractivity contribution in [3.05, 3.63) is 29.8 Å². The second-order valence-electron chi connectivity index (χ2n) is 6.64. The topological polar surface area (TPSA) is 130 Å². The molecule has 0 radical (unpaired) electrons. The van der Waals surface area contributed by atoms with Crippen molar-refractivity contribution in [2.24, 2.45) is 16.7 Å². The molecule has 0 unspecified atom stereocenters. The number of carbonyl (C=O) groups is 1. The van der Waals surface area contributed by atoms with Crippen LogP contribution in [0.4, 0.5) is 0 Å². The van der Waals surface area contributed by atoms with Gasteiger partial charge in [0.05, 0.1) is 25.3 Å². The molecule has 0 aromatic heterocycles. The Hall–Kier alpha value is -3.08. The Kier molecular flexibility index (Phi) is 3.49.